The third kappa shape index (κ3) is 5.01. The first-order chi connectivity index (χ1) is 15.6. The maximum atomic E-state index is 13.1. The van der Waals surface area contributed by atoms with Crippen molar-refractivity contribution in [1.82, 2.24) is 10.2 Å². The molecule has 0 spiro atoms. The number of fused-ring (bicyclic) bond motifs is 1. The molecule has 1 saturated carbocycles. The largest absolute Gasteiger partial charge is 0.496 e. The molecule has 2 aliphatic rings. The van der Waals surface area contributed by atoms with Crippen LogP contribution in [-0.4, -0.2) is 48.7 Å². The van der Waals surface area contributed by atoms with E-state index in [0.717, 1.165) is 41.9 Å². The van der Waals surface area contributed by atoms with E-state index in [1.165, 1.54) is 5.56 Å². The van der Waals surface area contributed by atoms with Crippen molar-refractivity contribution in [2.24, 2.45) is 5.92 Å². The minimum atomic E-state index is -0.0392. The highest BCUT2D eigenvalue weighted by Crippen LogP contribution is 2.43. The monoisotopic (exact) mass is 450 g/mol. The van der Waals surface area contributed by atoms with Crippen molar-refractivity contribution in [3.8, 4) is 5.75 Å². The van der Waals surface area contributed by atoms with Gasteiger partial charge in [0.2, 0.25) is 5.91 Å². The molecule has 6 heteroatoms. The second kappa shape index (κ2) is 10.3. The highest BCUT2D eigenvalue weighted by atomic mass is 32.2. The van der Waals surface area contributed by atoms with Crippen molar-refractivity contribution in [1.29, 1.82) is 0 Å². The number of thioether (sulfide) groups is 1. The number of likely N-dealkylation sites (N-methyl/N-ethyl adjacent to an activating group) is 1. The predicted molar refractivity (Wildman–Crippen MR) is 129 cm³/mol. The second-order valence-electron chi connectivity index (χ2n) is 8.43. The summed E-state index contributed by atoms with van der Waals surface area (Å²) in [5, 5.41) is 3.41. The summed E-state index contributed by atoms with van der Waals surface area (Å²) in [4.78, 5) is 28.4. The van der Waals surface area contributed by atoms with Gasteiger partial charge in [-0.15, -0.1) is 11.8 Å². The van der Waals surface area contributed by atoms with Gasteiger partial charge in [0.15, 0.2) is 0 Å². The summed E-state index contributed by atoms with van der Waals surface area (Å²) in [7, 11) is 3.51. The molecule has 1 heterocycles. The van der Waals surface area contributed by atoms with Gasteiger partial charge in [-0.05, 0) is 43.4 Å². The molecule has 32 heavy (non-hydrogen) atoms. The Morgan fingerprint density at radius 1 is 1.16 bits per heavy atom. The van der Waals surface area contributed by atoms with E-state index in [9.17, 15) is 9.59 Å². The van der Waals surface area contributed by atoms with Gasteiger partial charge in [-0.2, -0.15) is 0 Å². The number of methoxy groups -OCH3 is 1. The highest BCUT2D eigenvalue weighted by Gasteiger charge is 2.42. The van der Waals surface area contributed by atoms with Crippen LogP contribution < -0.4 is 10.1 Å². The molecule has 5 nitrogen and oxygen atoms in total. The number of carbonyl (C=O) groups excluding carboxylic acids is 2. The number of amides is 2. The molecule has 1 saturated heterocycles. The molecular formula is C26H30N2O3S. The Hall–Kier alpha value is -2.73. The van der Waals surface area contributed by atoms with Crippen LogP contribution in [0.1, 0.15) is 30.4 Å². The molecule has 0 radical (unpaired) electrons. The Morgan fingerprint density at radius 2 is 1.91 bits per heavy atom. The van der Waals surface area contributed by atoms with Crippen LogP contribution in [0.15, 0.2) is 59.5 Å². The van der Waals surface area contributed by atoms with Gasteiger partial charge in [-0.3, -0.25) is 9.59 Å². The summed E-state index contributed by atoms with van der Waals surface area (Å²) in [6.45, 7) is 0.642. The normalized spacial score (nSPS) is 24.2. The van der Waals surface area contributed by atoms with Crippen LogP contribution >= 0.6 is 11.8 Å². The fourth-order valence-corrected chi connectivity index (χ4v) is 6.05. The Labute approximate surface area is 194 Å². The molecule has 168 valence electrons. The Kier molecular flexibility index (Phi) is 7.20. The number of carbonyl (C=O) groups is 2. The summed E-state index contributed by atoms with van der Waals surface area (Å²) >= 11 is 1.65. The lowest BCUT2D eigenvalue weighted by Crippen LogP contribution is -2.52. The summed E-state index contributed by atoms with van der Waals surface area (Å²) in [5.74, 6) is 0.851. The summed E-state index contributed by atoms with van der Waals surface area (Å²) in [5.41, 5.74) is 2.13. The van der Waals surface area contributed by atoms with Crippen molar-refractivity contribution < 1.29 is 14.3 Å². The van der Waals surface area contributed by atoms with Gasteiger partial charge in [0, 0.05) is 36.4 Å². The zero-order valence-electron chi connectivity index (χ0n) is 18.6. The van der Waals surface area contributed by atoms with E-state index in [4.69, 9.17) is 4.74 Å². The molecule has 1 N–H and O–H groups in total. The smallest absolute Gasteiger partial charge is 0.260 e. The zero-order chi connectivity index (χ0) is 22.5. The van der Waals surface area contributed by atoms with E-state index in [2.05, 4.69) is 17.4 Å². The Bertz CT molecular complexity index is 992. The molecule has 0 aromatic heterocycles. The van der Waals surface area contributed by atoms with Gasteiger partial charge < -0.3 is 15.0 Å². The van der Waals surface area contributed by atoms with Crippen LogP contribution in [0.2, 0.25) is 0 Å². The van der Waals surface area contributed by atoms with Crippen molar-refractivity contribution in [2.45, 2.75) is 37.0 Å². The average Bonchev–Trinajstić information content (AvgIpc) is 2.83. The number of benzene rings is 2. The maximum absolute atomic E-state index is 13.1. The minimum absolute atomic E-state index is 0.0206. The van der Waals surface area contributed by atoms with Crippen LogP contribution in [0.4, 0.5) is 0 Å². The number of para-hydroxylation sites is 1. The molecule has 1 aliphatic heterocycles. The molecular weight excluding hydrogens is 420 g/mol. The topological polar surface area (TPSA) is 58.6 Å². The first-order valence-corrected chi connectivity index (χ1v) is 12.0. The van der Waals surface area contributed by atoms with Gasteiger partial charge in [0.25, 0.3) is 5.91 Å². The molecule has 1 aliphatic carbocycles. The molecule has 2 amide bonds. The van der Waals surface area contributed by atoms with Gasteiger partial charge in [0.1, 0.15) is 5.75 Å². The van der Waals surface area contributed by atoms with E-state index < -0.39 is 0 Å². The second-order valence-corrected chi connectivity index (χ2v) is 9.71. The third-order valence-electron chi connectivity index (χ3n) is 6.41. The van der Waals surface area contributed by atoms with Crippen LogP contribution in [-0.2, 0) is 16.0 Å². The van der Waals surface area contributed by atoms with Crippen molar-refractivity contribution in [3.63, 3.8) is 0 Å². The van der Waals surface area contributed by atoms with Crippen molar-refractivity contribution >= 4 is 29.7 Å². The fraction of sp³-hybridized carbons (Fsp3) is 0.385. The average molecular weight is 451 g/mol. The SMILES string of the molecule is COc1ccccc1/C=C1/SC2CCC(C(=O)NCCc3ccccc3)CC2N(C)C1=O. The molecule has 2 fully saturated rings. The quantitative estimate of drug-likeness (QED) is 0.672. The highest BCUT2D eigenvalue weighted by molar-refractivity contribution is 8.04. The minimum Gasteiger partial charge on any atom is -0.496 e. The number of rotatable bonds is 6. The van der Waals surface area contributed by atoms with Crippen molar-refractivity contribution in [2.75, 3.05) is 20.7 Å². The summed E-state index contributed by atoms with van der Waals surface area (Å²) in [6.07, 6.45) is 5.26. The molecule has 0 bridgehead atoms. The number of nitrogens with zero attached hydrogens (tertiary/aromatic N) is 1. The molecule has 2 aromatic carbocycles. The lowest BCUT2D eigenvalue weighted by atomic mass is 9.83. The summed E-state index contributed by atoms with van der Waals surface area (Å²) in [6, 6.07) is 18.0. The fourth-order valence-electron chi connectivity index (χ4n) is 4.58. The first kappa shape index (κ1) is 22.5. The van der Waals surface area contributed by atoms with Gasteiger partial charge in [-0.25, -0.2) is 0 Å². The predicted octanol–water partition coefficient (Wildman–Crippen LogP) is 4.14. The van der Waals surface area contributed by atoms with E-state index >= 15 is 0 Å². The van der Waals surface area contributed by atoms with Crippen LogP contribution in [0, 0.1) is 5.92 Å². The van der Waals surface area contributed by atoms with E-state index in [1.807, 2.05) is 60.5 Å². The number of nitrogens with one attached hydrogen (secondary N) is 1. The van der Waals surface area contributed by atoms with Crippen LogP contribution in [0.3, 0.4) is 0 Å². The van der Waals surface area contributed by atoms with Gasteiger partial charge in [0.05, 0.1) is 12.0 Å². The number of ether oxygens (including phenoxy) is 1. The molecule has 3 unspecified atom stereocenters. The van der Waals surface area contributed by atoms with Gasteiger partial charge >= 0.3 is 0 Å². The van der Waals surface area contributed by atoms with Crippen LogP contribution in [0.25, 0.3) is 6.08 Å². The number of hydrogen-bond donors (Lipinski definition) is 1. The molecule has 4 rings (SSSR count). The maximum Gasteiger partial charge on any atom is 0.260 e. The van der Waals surface area contributed by atoms with E-state index in [0.29, 0.717) is 11.8 Å². The van der Waals surface area contributed by atoms with Gasteiger partial charge in [-0.1, -0.05) is 48.5 Å². The lowest BCUT2D eigenvalue weighted by molar-refractivity contribution is -0.131. The standard InChI is InChI=1S/C26H30N2O3S/c1-28-21-16-20(25(29)27-15-14-18-8-4-3-5-9-18)12-13-23(21)32-24(26(28)30)17-19-10-6-7-11-22(19)31-2/h3-11,17,20-21,23H,12-16H2,1-2H3,(H,27,29)/b24-17+. The Morgan fingerprint density at radius 3 is 2.69 bits per heavy atom. The third-order valence-corrected chi connectivity index (χ3v) is 7.81. The van der Waals surface area contributed by atoms with E-state index in [-0.39, 0.29) is 23.8 Å². The van der Waals surface area contributed by atoms with E-state index in [1.54, 1.807) is 18.9 Å². The molecule has 2 aromatic rings. The van der Waals surface area contributed by atoms with Crippen molar-refractivity contribution in [3.05, 3.63) is 70.6 Å². The first-order valence-electron chi connectivity index (χ1n) is 11.2. The molecule has 3 atom stereocenters. The van der Waals surface area contributed by atoms with Crippen LogP contribution in [0.5, 0.6) is 5.75 Å². The number of hydrogen-bond acceptors (Lipinski definition) is 4. The summed E-state index contributed by atoms with van der Waals surface area (Å²) < 4.78 is 5.43. The lowest BCUT2D eigenvalue weighted by Gasteiger charge is -2.44. The Balaban J connectivity index is 1.37. The zero-order valence-corrected chi connectivity index (χ0v) is 19.4.